The first-order chi connectivity index (χ1) is 11.8. The number of pyridine rings is 1. The van der Waals surface area contributed by atoms with E-state index in [0.717, 1.165) is 22.4 Å². The van der Waals surface area contributed by atoms with Gasteiger partial charge in [0.25, 0.3) is 5.91 Å². The predicted molar refractivity (Wildman–Crippen MR) is 95.6 cm³/mol. The summed E-state index contributed by atoms with van der Waals surface area (Å²) in [6.07, 6.45) is 0. The molecule has 0 saturated carbocycles. The molecule has 0 saturated heterocycles. The molecule has 0 spiro atoms. The van der Waals surface area contributed by atoms with Crippen LogP contribution in [0.5, 0.6) is 0 Å². The van der Waals surface area contributed by atoms with Crippen molar-refractivity contribution >= 4 is 11.7 Å². The molecule has 0 aliphatic heterocycles. The number of benzene rings is 1. The zero-order valence-corrected chi connectivity index (χ0v) is 15.0. The molecule has 0 atom stereocenters. The maximum atomic E-state index is 12.7. The first-order valence-corrected chi connectivity index (χ1v) is 8.02. The van der Waals surface area contributed by atoms with E-state index in [0.29, 0.717) is 28.7 Å². The highest BCUT2D eigenvalue weighted by Crippen LogP contribution is 2.29. The summed E-state index contributed by atoms with van der Waals surface area (Å²) in [5.74, 6) is 1.09. The van der Waals surface area contributed by atoms with E-state index in [1.165, 1.54) is 0 Å². The van der Waals surface area contributed by atoms with Crippen molar-refractivity contribution in [1.82, 2.24) is 15.1 Å². The van der Waals surface area contributed by atoms with Crippen molar-refractivity contribution in [2.75, 3.05) is 5.32 Å². The number of carbonyl (C=O) groups is 1. The fraction of sp³-hybridized carbons (Fsp3) is 0.263. The summed E-state index contributed by atoms with van der Waals surface area (Å²) in [7, 11) is 0. The van der Waals surface area contributed by atoms with Crippen LogP contribution in [0.2, 0.25) is 0 Å². The average molecular weight is 336 g/mol. The van der Waals surface area contributed by atoms with Gasteiger partial charge in [-0.1, -0.05) is 22.3 Å². The number of hydrogen-bond donors (Lipinski definition) is 1. The second kappa shape index (κ2) is 6.47. The van der Waals surface area contributed by atoms with Crippen molar-refractivity contribution in [2.24, 2.45) is 0 Å². The summed E-state index contributed by atoms with van der Waals surface area (Å²) in [6, 6.07) is 7.65. The zero-order chi connectivity index (χ0) is 18.1. The van der Waals surface area contributed by atoms with E-state index in [1.54, 1.807) is 6.92 Å². The summed E-state index contributed by atoms with van der Waals surface area (Å²) >= 11 is 0. The molecular formula is C19H20N4O2. The quantitative estimate of drug-likeness (QED) is 0.784. The van der Waals surface area contributed by atoms with Gasteiger partial charge in [-0.3, -0.25) is 4.79 Å². The molecule has 1 aromatic carbocycles. The topological polar surface area (TPSA) is 80.9 Å². The van der Waals surface area contributed by atoms with Gasteiger partial charge in [0.15, 0.2) is 0 Å². The second-order valence-electron chi connectivity index (χ2n) is 6.27. The van der Waals surface area contributed by atoms with Gasteiger partial charge in [-0.05, 0) is 51.5 Å². The van der Waals surface area contributed by atoms with Gasteiger partial charge in [0.05, 0.1) is 5.56 Å². The van der Waals surface area contributed by atoms with Crippen LogP contribution in [0.25, 0.3) is 11.4 Å². The molecule has 128 valence electrons. The van der Waals surface area contributed by atoms with Gasteiger partial charge in [-0.15, -0.1) is 0 Å². The summed E-state index contributed by atoms with van der Waals surface area (Å²) in [5.41, 5.74) is 5.05. The fourth-order valence-corrected chi connectivity index (χ4v) is 2.90. The molecule has 25 heavy (non-hydrogen) atoms. The van der Waals surface area contributed by atoms with Crippen LogP contribution < -0.4 is 5.32 Å². The molecule has 0 aliphatic rings. The van der Waals surface area contributed by atoms with Crippen LogP contribution in [-0.4, -0.2) is 21.0 Å². The van der Waals surface area contributed by atoms with E-state index in [-0.39, 0.29) is 5.91 Å². The lowest BCUT2D eigenvalue weighted by molar-refractivity contribution is 0.102. The van der Waals surface area contributed by atoms with E-state index in [9.17, 15) is 4.79 Å². The van der Waals surface area contributed by atoms with Gasteiger partial charge in [0.2, 0.25) is 11.7 Å². The van der Waals surface area contributed by atoms with E-state index in [2.05, 4.69) is 20.4 Å². The molecule has 0 aliphatic carbocycles. The third-order valence-corrected chi connectivity index (χ3v) is 3.81. The normalized spacial score (nSPS) is 10.8. The smallest absolute Gasteiger partial charge is 0.256 e. The summed E-state index contributed by atoms with van der Waals surface area (Å²) in [4.78, 5) is 21.5. The highest BCUT2D eigenvalue weighted by Gasteiger charge is 2.19. The number of amides is 1. The zero-order valence-electron chi connectivity index (χ0n) is 15.0. The Morgan fingerprint density at radius 2 is 1.64 bits per heavy atom. The van der Waals surface area contributed by atoms with Crippen molar-refractivity contribution in [2.45, 2.75) is 34.6 Å². The molecule has 1 N–H and O–H groups in total. The standard InChI is InChI=1S/C19H20N4O2/c1-10-6-11(2)8-15(7-10)19(24)22-17-16(12(3)9-13(4)20-17)18-21-14(5)25-23-18/h6-9H,1-5H3,(H,20,22,24). The Bertz CT molecular complexity index is 940. The molecule has 0 fully saturated rings. The van der Waals surface area contributed by atoms with Crippen LogP contribution in [0, 0.1) is 34.6 Å². The van der Waals surface area contributed by atoms with Crippen LogP contribution in [0.3, 0.4) is 0 Å². The van der Waals surface area contributed by atoms with Gasteiger partial charge < -0.3 is 9.84 Å². The van der Waals surface area contributed by atoms with Gasteiger partial charge in [-0.25, -0.2) is 4.98 Å². The molecule has 0 radical (unpaired) electrons. The molecular weight excluding hydrogens is 316 g/mol. The minimum Gasteiger partial charge on any atom is -0.339 e. The fourth-order valence-electron chi connectivity index (χ4n) is 2.90. The third kappa shape index (κ3) is 3.57. The van der Waals surface area contributed by atoms with Crippen LogP contribution in [0.15, 0.2) is 28.8 Å². The molecule has 3 aromatic rings. The van der Waals surface area contributed by atoms with Crippen molar-refractivity contribution in [3.63, 3.8) is 0 Å². The van der Waals surface area contributed by atoms with Crippen LogP contribution in [0.1, 0.15) is 38.6 Å². The van der Waals surface area contributed by atoms with Crippen LogP contribution in [-0.2, 0) is 0 Å². The Morgan fingerprint density at radius 3 is 2.24 bits per heavy atom. The number of aryl methyl sites for hydroxylation is 5. The van der Waals surface area contributed by atoms with Gasteiger partial charge in [0, 0.05) is 18.2 Å². The Hall–Kier alpha value is -3.02. The van der Waals surface area contributed by atoms with Crippen molar-refractivity contribution in [1.29, 1.82) is 0 Å². The molecule has 6 heteroatoms. The number of rotatable bonds is 3. The first-order valence-electron chi connectivity index (χ1n) is 8.02. The lowest BCUT2D eigenvalue weighted by Gasteiger charge is -2.12. The van der Waals surface area contributed by atoms with E-state index in [4.69, 9.17) is 4.52 Å². The molecule has 0 bridgehead atoms. The molecule has 6 nitrogen and oxygen atoms in total. The average Bonchev–Trinajstić information content (AvgIpc) is 2.91. The Morgan fingerprint density at radius 1 is 0.960 bits per heavy atom. The molecule has 0 unspecified atom stereocenters. The number of nitrogens with one attached hydrogen (secondary N) is 1. The number of carbonyl (C=O) groups excluding carboxylic acids is 1. The van der Waals surface area contributed by atoms with Crippen molar-refractivity contribution in [3.8, 4) is 11.4 Å². The maximum Gasteiger partial charge on any atom is 0.256 e. The molecule has 2 aromatic heterocycles. The Kier molecular flexibility index (Phi) is 4.35. The number of hydrogen-bond acceptors (Lipinski definition) is 5. The van der Waals surface area contributed by atoms with E-state index in [1.807, 2.05) is 52.0 Å². The highest BCUT2D eigenvalue weighted by atomic mass is 16.5. The minimum atomic E-state index is -0.217. The lowest BCUT2D eigenvalue weighted by Crippen LogP contribution is -2.15. The van der Waals surface area contributed by atoms with Crippen molar-refractivity contribution < 1.29 is 9.32 Å². The Labute approximate surface area is 146 Å². The summed E-state index contributed by atoms with van der Waals surface area (Å²) in [6.45, 7) is 9.47. The third-order valence-electron chi connectivity index (χ3n) is 3.81. The molecule has 1 amide bonds. The summed E-state index contributed by atoms with van der Waals surface area (Å²) < 4.78 is 5.08. The van der Waals surface area contributed by atoms with Crippen LogP contribution >= 0.6 is 0 Å². The van der Waals surface area contributed by atoms with E-state index < -0.39 is 0 Å². The van der Waals surface area contributed by atoms with Gasteiger partial charge in [0.1, 0.15) is 5.82 Å². The highest BCUT2D eigenvalue weighted by molar-refractivity contribution is 6.05. The SMILES string of the molecule is Cc1cc(C)cc(C(=O)Nc2nc(C)cc(C)c2-c2noc(C)n2)c1. The first kappa shape index (κ1) is 16.8. The lowest BCUT2D eigenvalue weighted by atomic mass is 10.1. The van der Waals surface area contributed by atoms with Crippen LogP contribution in [0.4, 0.5) is 5.82 Å². The molecule has 3 rings (SSSR count). The monoisotopic (exact) mass is 336 g/mol. The largest absolute Gasteiger partial charge is 0.339 e. The minimum absolute atomic E-state index is 0.217. The van der Waals surface area contributed by atoms with Gasteiger partial charge in [-0.2, -0.15) is 4.98 Å². The number of aromatic nitrogens is 3. The van der Waals surface area contributed by atoms with Gasteiger partial charge >= 0.3 is 0 Å². The van der Waals surface area contributed by atoms with E-state index >= 15 is 0 Å². The molecule has 2 heterocycles. The summed E-state index contributed by atoms with van der Waals surface area (Å²) in [5, 5.41) is 6.87. The number of anilines is 1. The maximum absolute atomic E-state index is 12.7. The Balaban J connectivity index is 2.03. The second-order valence-corrected chi connectivity index (χ2v) is 6.27. The van der Waals surface area contributed by atoms with Crippen molar-refractivity contribution in [3.05, 3.63) is 58.1 Å². The predicted octanol–water partition coefficient (Wildman–Crippen LogP) is 3.93. The number of nitrogens with zero attached hydrogens (tertiary/aromatic N) is 3.